The smallest absolute Gasteiger partial charge is 0.263 e. The van der Waals surface area contributed by atoms with Gasteiger partial charge in [-0.3, -0.25) is 9.78 Å². The molecule has 4 heterocycles. The van der Waals surface area contributed by atoms with Crippen LogP contribution in [0.1, 0.15) is 28.2 Å². The lowest BCUT2D eigenvalue weighted by atomic mass is 9.97. The van der Waals surface area contributed by atoms with Crippen LogP contribution in [0.25, 0.3) is 11.4 Å². The Balaban J connectivity index is 1.51. The van der Waals surface area contributed by atoms with Crippen LogP contribution in [0.3, 0.4) is 0 Å². The van der Waals surface area contributed by atoms with Gasteiger partial charge in [-0.15, -0.1) is 11.3 Å². The first-order valence-electron chi connectivity index (χ1n) is 8.97. The molecule has 1 unspecified atom stereocenters. The van der Waals surface area contributed by atoms with Gasteiger partial charge in [0.2, 0.25) is 0 Å². The molecule has 1 atom stereocenters. The highest BCUT2D eigenvalue weighted by Crippen LogP contribution is 2.25. The molecule has 1 aliphatic heterocycles. The van der Waals surface area contributed by atoms with E-state index in [-0.39, 0.29) is 5.91 Å². The van der Waals surface area contributed by atoms with E-state index in [9.17, 15) is 4.79 Å². The number of imidazole rings is 1. The summed E-state index contributed by atoms with van der Waals surface area (Å²) in [6, 6.07) is 7.83. The summed E-state index contributed by atoms with van der Waals surface area (Å²) in [7, 11) is 0. The molecule has 1 aliphatic rings. The van der Waals surface area contributed by atoms with E-state index in [0.29, 0.717) is 5.92 Å². The average molecular weight is 366 g/mol. The maximum Gasteiger partial charge on any atom is 0.263 e. The number of hydrogen-bond acceptors (Lipinski definition) is 4. The highest BCUT2D eigenvalue weighted by atomic mass is 32.1. The summed E-state index contributed by atoms with van der Waals surface area (Å²) in [6.07, 6.45) is 7.74. The Morgan fingerprint density at radius 3 is 3.00 bits per heavy atom. The van der Waals surface area contributed by atoms with Crippen LogP contribution in [0, 0.1) is 12.8 Å². The highest BCUT2D eigenvalue weighted by Gasteiger charge is 2.26. The number of likely N-dealkylation sites (tertiary alicyclic amines) is 1. The summed E-state index contributed by atoms with van der Waals surface area (Å²) in [5.74, 6) is 1.56. The van der Waals surface area contributed by atoms with Gasteiger partial charge < -0.3 is 9.47 Å². The van der Waals surface area contributed by atoms with Crippen molar-refractivity contribution in [3.8, 4) is 11.4 Å². The molecule has 0 radical (unpaired) electrons. The summed E-state index contributed by atoms with van der Waals surface area (Å²) in [6.45, 7) is 4.63. The molecule has 1 fully saturated rings. The standard InChI is InChI=1S/C20H22N4OS/c1-15-11-22-19(17-6-2-8-21-12-17)24(15)14-16-5-3-9-23(13-16)20(25)18-7-4-10-26-18/h2,4,6-8,10-12,16H,3,5,9,13-14H2,1H3. The van der Waals surface area contributed by atoms with Crippen LogP contribution < -0.4 is 0 Å². The third kappa shape index (κ3) is 3.42. The van der Waals surface area contributed by atoms with Crippen molar-refractivity contribution in [3.63, 3.8) is 0 Å². The van der Waals surface area contributed by atoms with E-state index in [0.717, 1.165) is 54.4 Å². The monoisotopic (exact) mass is 366 g/mol. The van der Waals surface area contributed by atoms with Crippen LogP contribution in [-0.4, -0.2) is 38.4 Å². The van der Waals surface area contributed by atoms with E-state index in [4.69, 9.17) is 0 Å². The van der Waals surface area contributed by atoms with Crippen molar-refractivity contribution in [1.29, 1.82) is 0 Å². The van der Waals surface area contributed by atoms with Gasteiger partial charge in [0.1, 0.15) is 5.82 Å². The molecule has 0 bridgehead atoms. The summed E-state index contributed by atoms with van der Waals surface area (Å²) in [5.41, 5.74) is 2.17. The molecule has 0 N–H and O–H groups in total. The van der Waals surface area contributed by atoms with Gasteiger partial charge in [0.05, 0.1) is 4.88 Å². The number of nitrogens with zero attached hydrogens (tertiary/aromatic N) is 4. The van der Waals surface area contributed by atoms with Crippen LogP contribution in [0.5, 0.6) is 0 Å². The first kappa shape index (κ1) is 17.0. The Morgan fingerprint density at radius 1 is 1.31 bits per heavy atom. The molecule has 3 aromatic heterocycles. The van der Waals surface area contributed by atoms with Gasteiger partial charge in [-0.05, 0) is 49.3 Å². The Bertz CT molecular complexity index is 873. The topological polar surface area (TPSA) is 51.0 Å². The fourth-order valence-corrected chi connectivity index (χ4v) is 4.32. The number of carbonyl (C=O) groups excluding carboxylic acids is 1. The maximum atomic E-state index is 12.7. The molecule has 6 heteroatoms. The Hall–Kier alpha value is -2.47. The zero-order valence-electron chi connectivity index (χ0n) is 14.8. The minimum absolute atomic E-state index is 0.166. The number of thiophene rings is 1. The zero-order chi connectivity index (χ0) is 17.9. The average Bonchev–Trinajstić information content (AvgIpc) is 3.33. The van der Waals surface area contributed by atoms with Crippen molar-refractivity contribution >= 4 is 17.2 Å². The Kier molecular flexibility index (Phi) is 4.84. The predicted octanol–water partition coefficient (Wildman–Crippen LogP) is 3.87. The molecule has 1 amide bonds. The minimum Gasteiger partial charge on any atom is -0.338 e. The number of pyridine rings is 1. The molecule has 0 aliphatic carbocycles. The molecule has 26 heavy (non-hydrogen) atoms. The SMILES string of the molecule is Cc1cnc(-c2cccnc2)n1CC1CCCN(C(=O)c2cccs2)C1. The van der Waals surface area contributed by atoms with E-state index >= 15 is 0 Å². The second-order valence-corrected chi connectivity index (χ2v) is 7.76. The lowest BCUT2D eigenvalue weighted by Gasteiger charge is -2.33. The number of piperidine rings is 1. The third-order valence-electron chi connectivity index (χ3n) is 4.95. The molecular weight excluding hydrogens is 344 g/mol. The van der Waals surface area contributed by atoms with Crippen molar-refractivity contribution in [2.75, 3.05) is 13.1 Å². The van der Waals surface area contributed by atoms with Gasteiger partial charge >= 0.3 is 0 Å². The van der Waals surface area contributed by atoms with Gasteiger partial charge in [0.25, 0.3) is 5.91 Å². The number of aromatic nitrogens is 3. The van der Waals surface area contributed by atoms with Crippen LogP contribution in [0.2, 0.25) is 0 Å². The molecule has 3 aromatic rings. The van der Waals surface area contributed by atoms with Crippen LogP contribution >= 0.6 is 11.3 Å². The molecule has 1 saturated heterocycles. The van der Waals surface area contributed by atoms with E-state index in [2.05, 4.69) is 21.5 Å². The first-order chi connectivity index (χ1) is 12.7. The fourth-order valence-electron chi connectivity index (χ4n) is 3.63. The Labute approximate surface area is 157 Å². The normalized spacial score (nSPS) is 17.4. The second kappa shape index (κ2) is 7.41. The fraction of sp³-hybridized carbons (Fsp3) is 0.350. The highest BCUT2D eigenvalue weighted by molar-refractivity contribution is 7.12. The van der Waals surface area contributed by atoms with Crippen LogP contribution in [0.15, 0.2) is 48.2 Å². The van der Waals surface area contributed by atoms with E-state index in [1.807, 2.05) is 46.9 Å². The largest absolute Gasteiger partial charge is 0.338 e. The number of carbonyl (C=O) groups is 1. The van der Waals surface area contributed by atoms with Crippen molar-refractivity contribution in [2.45, 2.75) is 26.3 Å². The predicted molar refractivity (Wildman–Crippen MR) is 103 cm³/mol. The zero-order valence-corrected chi connectivity index (χ0v) is 15.7. The van der Waals surface area contributed by atoms with E-state index in [1.165, 1.54) is 11.3 Å². The lowest BCUT2D eigenvalue weighted by Crippen LogP contribution is -2.41. The molecule has 0 saturated carbocycles. The third-order valence-corrected chi connectivity index (χ3v) is 5.81. The van der Waals surface area contributed by atoms with E-state index in [1.54, 1.807) is 6.20 Å². The van der Waals surface area contributed by atoms with Gasteiger partial charge in [-0.1, -0.05) is 6.07 Å². The van der Waals surface area contributed by atoms with Crippen molar-refractivity contribution in [1.82, 2.24) is 19.4 Å². The minimum atomic E-state index is 0.166. The number of hydrogen-bond donors (Lipinski definition) is 0. The van der Waals surface area contributed by atoms with Crippen molar-refractivity contribution < 1.29 is 4.79 Å². The van der Waals surface area contributed by atoms with Gasteiger partial charge in [-0.2, -0.15) is 0 Å². The summed E-state index contributed by atoms with van der Waals surface area (Å²) in [4.78, 5) is 24.3. The Morgan fingerprint density at radius 2 is 2.23 bits per heavy atom. The van der Waals surface area contributed by atoms with Gasteiger partial charge in [-0.25, -0.2) is 4.98 Å². The number of aryl methyl sites for hydroxylation is 1. The maximum absolute atomic E-state index is 12.7. The summed E-state index contributed by atoms with van der Waals surface area (Å²) >= 11 is 1.52. The molecule has 134 valence electrons. The van der Waals surface area contributed by atoms with Crippen LogP contribution in [0.4, 0.5) is 0 Å². The molecule has 4 rings (SSSR count). The second-order valence-electron chi connectivity index (χ2n) is 6.81. The summed E-state index contributed by atoms with van der Waals surface area (Å²) in [5, 5.41) is 1.96. The van der Waals surface area contributed by atoms with Gasteiger partial charge in [0, 0.05) is 49.5 Å². The van der Waals surface area contributed by atoms with Crippen LogP contribution in [-0.2, 0) is 6.54 Å². The first-order valence-corrected chi connectivity index (χ1v) is 9.85. The van der Waals surface area contributed by atoms with Crippen molar-refractivity contribution in [3.05, 3.63) is 58.8 Å². The summed E-state index contributed by atoms with van der Waals surface area (Å²) < 4.78 is 2.26. The molecule has 5 nitrogen and oxygen atoms in total. The molecule has 0 aromatic carbocycles. The van der Waals surface area contributed by atoms with Crippen molar-refractivity contribution in [2.24, 2.45) is 5.92 Å². The van der Waals surface area contributed by atoms with E-state index < -0.39 is 0 Å². The number of amides is 1. The van der Waals surface area contributed by atoms with Gasteiger partial charge in [0.15, 0.2) is 0 Å². The molecular formula is C20H22N4OS. The molecule has 0 spiro atoms. The number of rotatable bonds is 4. The quantitative estimate of drug-likeness (QED) is 0.704. The lowest BCUT2D eigenvalue weighted by molar-refractivity contribution is 0.0667.